The van der Waals surface area contributed by atoms with Gasteiger partial charge in [0.15, 0.2) is 0 Å². The van der Waals surface area contributed by atoms with Gasteiger partial charge >= 0.3 is 5.97 Å². The van der Waals surface area contributed by atoms with Crippen molar-refractivity contribution in [3.63, 3.8) is 0 Å². The first-order chi connectivity index (χ1) is 8.89. The van der Waals surface area contributed by atoms with Crippen LogP contribution in [-0.4, -0.2) is 38.4 Å². The van der Waals surface area contributed by atoms with Crippen LogP contribution in [0, 0.1) is 0 Å². The van der Waals surface area contributed by atoms with E-state index in [1.54, 1.807) is 24.3 Å². The second-order valence-electron chi connectivity index (χ2n) is 3.77. The van der Waals surface area contributed by atoms with Gasteiger partial charge in [0.05, 0.1) is 12.2 Å². The van der Waals surface area contributed by atoms with Gasteiger partial charge in [0.25, 0.3) is 0 Å². The third kappa shape index (κ3) is 6.63. The van der Waals surface area contributed by atoms with Gasteiger partial charge in [-0.3, -0.25) is 4.79 Å². The minimum absolute atomic E-state index is 0.0757. The maximum atomic E-state index is 11.3. The van der Waals surface area contributed by atoms with Gasteiger partial charge in [-0.25, -0.2) is 13.1 Å². The zero-order chi connectivity index (χ0) is 14.3. The molecule has 0 unspecified atom stereocenters. The number of carboxylic acids is 1. The molecule has 7 nitrogen and oxygen atoms in total. The van der Waals surface area contributed by atoms with Gasteiger partial charge in [-0.2, -0.15) is 0 Å². The Labute approximate surface area is 111 Å². The molecule has 19 heavy (non-hydrogen) atoms. The molecule has 0 amide bonds. The van der Waals surface area contributed by atoms with E-state index in [-0.39, 0.29) is 13.2 Å². The average molecular weight is 288 g/mol. The van der Waals surface area contributed by atoms with E-state index >= 15 is 0 Å². The number of aliphatic carboxylic acids is 1. The van der Waals surface area contributed by atoms with Crippen molar-refractivity contribution in [2.24, 2.45) is 0 Å². The predicted molar refractivity (Wildman–Crippen MR) is 70.4 cm³/mol. The van der Waals surface area contributed by atoms with E-state index in [0.717, 1.165) is 0 Å². The summed E-state index contributed by atoms with van der Waals surface area (Å²) in [5, 5.41) is 8.39. The van der Waals surface area contributed by atoms with Gasteiger partial charge in [0, 0.05) is 12.2 Å². The van der Waals surface area contributed by atoms with Gasteiger partial charge in [-0.15, -0.1) is 0 Å². The van der Waals surface area contributed by atoms with Crippen LogP contribution in [0.4, 0.5) is 5.69 Å². The Kier molecular flexibility index (Phi) is 5.58. The molecule has 0 aliphatic carbocycles. The highest BCUT2D eigenvalue weighted by Gasteiger charge is 2.11. The molecule has 1 aromatic carbocycles. The quantitative estimate of drug-likeness (QED) is 0.459. The highest BCUT2D eigenvalue weighted by atomic mass is 32.2. The number of carboxylic acid groups (broad SMARTS) is 1. The third-order valence-electron chi connectivity index (χ3n) is 2.16. The maximum absolute atomic E-state index is 11.3. The number of nitrogens with two attached hydrogens (primary N) is 1. The molecule has 0 atom stereocenters. The van der Waals surface area contributed by atoms with Crippen molar-refractivity contribution >= 4 is 21.7 Å². The molecule has 0 aliphatic rings. The molecule has 0 radical (unpaired) electrons. The molecule has 0 saturated heterocycles. The van der Waals surface area contributed by atoms with Crippen LogP contribution in [0.5, 0.6) is 5.75 Å². The summed E-state index contributed by atoms with van der Waals surface area (Å²) in [5.41, 5.74) is 6.11. The van der Waals surface area contributed by atoms with Crippen molar-refractivity contribution in [1.82, 2.24) is 4.72 Å². The van der Waals surface area contributed by atoms with Gasteiger partial charge in [0.2, 0.25) is 10.0 Å². The second kappa shape index (κ2) is 6.95. The lowest BCUT2D eigenvalue weighted by Gasteiger charge is -2.08. The van der Waals surface area contributed by atoms with Crippen LogP contribution < -0.4 is 15.2 Å². The molecule has 0 fully saturated rings. The Morgan fingerprint density at radius 3 is 2.53 bits per heavy atom. The van der Waals surface area contributed by atoms with Gasteiger partial charge in [0.1, 0.15) is 12.4 Å². The molecule has 0 aliphatic heterocycles. The SMILES string of the molecule is Nc1ccc(OCCNS(=O)(=O)CCC(=O)O)cc1. The predicted octanol–water partition coefficient (Wildman–Crippen LogP) is 0.0417. The number of ether oxygens (including phenoxy) is 1. The van der Waals surface area contributed by atoms with E-state index in [0.29, 0.717) is 11.4 Å². The highest BCUT2D eigenvalue weighted by Crippen LogP contribution is 2.12. The van der Waals surface area contributed by atoms with Crippen molar-refractivity contribution in [2.75, 3.05) is 24.6 Å². The monoisotopic (exact) mass is 288 g/mol. The lowest BCUT2D eigenvalue weighted by Crippen LogP contribution is -2.31. The fourth-order valence-electron chi connectivity index (χ4n) is 1.22. The molecule has 0 saturated carbocycles. The van der Waals surface area contributed by atoms with E-state index in [1.165, 1.54) is 0 Å². The van der Waals surface area contributed by atoms with E-state index in [2.05, 4.69) is 4.72 Å². The van der Waals surface area contributed by atoms with Crippen molar-refractivity contribution in [3.8, 4) is 5.75 Å². The number of carbonyl (C=O) groups is 1. The van der Waals surface area contributed by atoms with Crippen LogP contribution in [0.2, 0.25) is 0 Å². The fraction of sp³-hybridized carbons (Fsp3) is 0.364. The van der Waals surface area contributed by atoms with Crippen LogP contribution >= 0.6 is 0 Å². The molecule has 0 bridgehead atoms. The first-order valence-corrected chi connectivity index (χ1v) is 7.22. The first kappa shape index (κ1) is 15.3. The van der Waals surface area contributed by atoms with Gasteiger partial charge in [-0.1, -0.05) is 0 Å². The standard InChI is InChI=1S/C11H16N2O5S/c12-9-1-3-10(4-2-9)18-7-6-13-19(16,17)8-5-11(14)15/h1-4,13H,5-8,12H2,(H,14,15). The smallest absolute Gasteiger partial charge is 0.304 e. The second-order valence-corrected chi connectivity index (χ2v) is 5.70. The summed E-state index contributed by atoms with van der Waals surface area (Å²) >= 11 is 0. The number of benzene rings is 1. The Morgan fingerprint density at radius 1 is 1.32 bits per heavy atom. The minimum atomic E-state index is -3.57. The lowest BCUT2D eigenvalue weighted by atomic mass is 10.3. The Morgan fingerprint density at radius 2 is 1.95 bits per heavy atom. The molecule has 0 aromatic heterocycles. The zero-order valence-corrected chi connectivity index (χ0v) is 11.0. The molecular formula is C11H16N2O5S. The minimum Gasteiger partial charge on any atom is -0.492 e. The van der Waals surface area contributed by atoms with Crippen LogP contribution in [0.25, 0.3) is 0 Å². The van der Waals surface area contributed by atoms with E-state index in [1.807, 2.05) is 0 Å². The molecule has 8 heteroatoms. The number of sulfonamides is 1. The van der Waals surface area contributed by atoms with Crippen LogP contribution in [0.3, 0.4) is 0 Å². The van der Waals surface area contributed by atoms with Crippen molar-refractivity contribution in [3.05, 3.63) is 24.3 Å². The summed E-state index contributed by atoms with van der Waals surface area (Å²) in [5.74, 6) is -1.01. The Bertz CT molecular complexity index is 512. The maximum Gasteiger partial charge on any atom is 0.304 e. The summed E-state index contributed by atoms with van der Waals surface area (Å²) in [6, 6.07) is 6.70. The number of nitrogens with one attached hydrogen (secondary N) is 1. The normalized spacial score (nSPS) is 11.2. The summed E-state index contributed by atoms with van der Waals surface area (Å²) in [7, 11) is -3.57. The summed E-state index contributed by atoms with van der Waals surface area (Å²) in [6.07, 6.45) is -0.422. The fourth-order valence-corrected chi connectivity index (χ4v) is 2.21. The summed E-state index contributed by atoms with van der Waals surface area (Å²) in [6.45, 7) is 0.225. The molecule has 1 rings (SSSR count). The highest BCUT2D eigenvalue weighted by molar-refractivity contribution is 7.89. The van der Waals surface area contributed by atoms with Crippen molar-refractivity contribution < 1.29 is 23.1 Å². The molecule has 106 valence electrons. The zero-order valence-electron chi connectivity index (χ0n) is 10.2. The van der Waals surface area contributed by atoms with Gasteiger partial charge in [-0.05, 0) is 24.3 Å². The average Bonchev–Trinajstić information content (AvgIpc) is 2.35. The lowest BCUT2D eigenvalue weighted by molar-refractivity contribution is -0.136. The number of anilines is 1. The summed E-state index contributed by atoms with van der Waals surface area (Å²) < 4.78 is 30.2. The largest absolute Gasteiger partial charge is 0.492 e. The van der Waals surface area contributed by atoms with Crippen molar-refractivity contribution in [1.29, 1.82) is 0 Å². The molecule has 0 spiro atoms. The first-order valence-electron chi connectivity index (χ1n) is 5.56. The van der Waals surface area contributed by atoms with Gasteiger partial charge < -0.3 is 15.6 Å². The van der Waals surface area contributed by atoms with Crippen LogP contribution in [0.1, 0.15) is 6.42 Å². The van der Waals surface area contributed by atoms with E-state index < -0.39 is 28.2 Å². The van der Waals surface area contributed by atoms with Crippen LogP contribution in [0.15, 0.2) is 24.3 Å². The van der Waals surface area contributed by atoms with Crippen molar-refractivity contribution in [2.45, 2.75) is 6.42 Å². The third-order valence-corrected chi connectivity index (χ3v) is 3.54. The summed E-state index contributed by atoms with van der Waals surface area (Å²) in [4.78, 5) is 10.3. The molecule has 4 N–H and O–H groups in total. The topological polar surface area (TPSA) is 119 Å². The number of rotatable bonds is 8. The Balaban J connectivity index is 2.26. The molecule has 1 aromatic rings. The molecular weight excluding hydrogens is 272 g/mol. The van der Waals surface area contributed by atoms with Crippen LogP contribution in [-0.2, 0) is 14.8 Å². The van der Waals surface area contributed by atoms with E-state index in [9.17, 15) is 13.2 Å². The number of hydrogen-bond acceptors (Lipinski definition) is 5. The van der Waals surface area contributed by atoms with E-state index in [4.69, 9.17) is 15.6 Å². The number of hydrogen-bond donors (Lipinski definition) is 3. The molecule has 0 heterocycles. The number of nitrogen functional groups attached to an aromatic ring is 1. The Hall–Kier alpha value is -1.80.